The second kappa shape index (κ2) is 12.6. The minimum atomic E-state index is -0.487. The highest BCUT2D eigenvalue weighted by Gasteiger charge is 2.26. The third kappa shape index (κ3) is 8.28. The highest BCUT2D eigenvalue weighted by molar-refractivity contribution is 6.31. The van der Waals surface area contributed by atoms with Gasteiger partial charge < -0.3 is 19.7 Å². The third-order valence-electron chi connectivity index (χ3n) is 6.73. The number of hydrogen-bond acceptors (Lipinski definition) is 9. The molecule has 208 valence electrons. The number of nitriles is 1. The Balaban J connectivity index is 1.19. The number of anilines is 1. The lowest BCUT2D eigenvalue weighted by Gasteiger charge is -2.35. The molecule has 2 aromatic rings. The standard InChI is InChI=1S/C28H35ClN6O4/c1-28(2,3)39-26(36)18-34-12-14-35(15-13-34)25-11-10-24(32-33-25)27(37)31-20-5-8-21(9-6-20)38-22-7-4-19(17-30)23(29)16-22/h4,7,10-11,16,20-21H,5-6,8-9,12-15,18H2,1-3H3,(H,31,37)/t20-,21-. The number of nitrogens with one attached hydrogen (secondary N) is 1. The van der Waals surface area contributed by atoms with Crippen LogP contribution in [0.3, 0.4) is 0 Å². The number of piperazine rings is 1. The highest BCUT2D eigenvalue weighted by atomic mass is 35.5. The number of ether oxygens (including phenoxy) is 2. The largest absolute Gasteiger partial charge is 0.490 e. The number of nitrogens with zero attached hydrogens (tertiary/aromatic N) is 5. The van der Waals surface area contributed by atoms with Gasteiger partial charge in [0.25, 0.3) is 5.91 Å². The molecule has 4 rings (SSSR count). The number of halogens is 1. The Labute approximate surface area is 234 Å². The Morgan fingerprint density at radius 3 is 2.38 bits per heavy atom. The highest BCUT2D eigenvalue weighted by Crippen LogP contribution is 2.27. The lowest BCUT2D eigenvalue weighted by Crippen LogP contribution is -2.49. The number of carbonyl (C=O) groups excluding carboxylic acids is 2. The van der Waals surface area contributed by atoms with Crippen LogP contribution in [0.15, 0.2) is 30.3 Å². The smallest absolute Gasteiger partial charge is 0.320 e. The van der Waals surface area contributed by atoms with Crippen molar-refractivity contribution in [3.8, 4) is 11.8 Å². The second-order valence-corrected chi connectivity index (χ2v) is 11.4. The summed E-state index contributed by atoms with van der Waals surface area (Å²) in [5.74, 6) is 0.901. The van der Waals surface area contributed by atoms with Gasteiger partial charge in [0, 0.05) is 38.3 Å². The first kappa shape index (κ1) is 28.6. The lowest BCUT2D eigenvalue weighted by molar-refractivity contribution is -0.156. The maximum Gasteiger partial charge on any atom is 0.320 e. The number of benzene rings is 1. The van der Waals surface area contributed by atoms with E-state index >= 15 is 0 Å². The molecule has 1 aliphatic carbocycles. The summed E-state index contributed by atoms with van der Waals surface area (Å²) in [6.45, 7) is 8.72. The second-order valence-electron chi connectivity index (χ2n) is 10.9. The summed E-state index contributed by atoms with van der Waals surface area (Å²) in [6, 6.07) is 10.7. The van der Waals surface area contributed by atoms with E-state index in [0.717, 1.165) is 25.7 Å². The molecule has 39 heavy (non-hydrogen) atoms. The number of rotatable bonds is 7. The van der Waals surface area contributed by atoms with Gasteiger partial charge in [-0.2, -0.15) is 5.26 Å². The molecule has 1 amide bonds. The van der Waals surface area contributed by atoms with E-state index in [0.29, 0.717) is 48.3 Å². The first-order chi connectivity index (χ1) is 18.6. The van der Waals surface area contributed by atoms with Crippen molar-refractivity contribution in [3.05, 3.63) is 46.6 Å². The molecule has 1 N–H and O–H groups in total. The van der Waals surface area contributed by atoms with Gasteiger partial charge in [0.1, 0.15) is 17.4 Å². The monoisotopic (exact) mass is 554 g/mol. The molecule has 2 aliphatic rings. The number of carbonyl (C=O) groups is 2. The molecule has 1 aromatic carbocycles. The van der Waals surface area contributed by atoms with Crippen LogP contribution in [-0.2, 0) is 9.53 Å². The summed E-state index contributed by atoms with van der Waals surface area (Å²) in [7, 11) is 0. The van der Waals surface area contributed by atoms with Gasteiger partial charge in [-0.3, -0.25) is 14.5 Å². The van der Waals surface area contributed by atoms with Gasteiger partial charge in [-0.05, 0) is 70.7 Å². The maximum absolute atomic E-state index is 12.8. The average molecular weight is 555 g/mol. The van der Waals surface area contributed by atoms with E-state index in [4.69, 9.17) is 26.3 Å². The van der Waals surface area contributed by atoms with Crippen LogP contribution in [0.25, 0.3) is 0 Å². The summed E-state index contributed by atoms with van der Waals surface area (Å²) in [5.41, 5.74) is 0.219. The summed E-state index contributed by atoms with van der Waals surface area (Å²) >= 11 is 6.10. The molecule has 1 saturated heterocycles. The molecule has 11 heteroatoms. The molecule has 0 bridgehead atoms. The average Bonchev–Trinajstić information content (AvgIpc) is 2.89. The van der Waals surface area contributed by atoms with Crippen LogP contribution in [0, 0.1) is 11.3 Å². The Bertz CT molecular complexity index is 1190. The van der Waals surface area contributed by atoms with Crippen LogP contribution in [-0.4, -0.2) is 77.4 Å². The molecule has 10 nitrogen and oxygen atoms in total. The van der Waals surface area contributed by atoms with Crippen molar-refractivity contribution in [2.24, 2.45) is 0 Å². The van der Waals surface area contributed by atoms with Crippen LogP contribution >= 0.6 is 11.6 Å². The summed E-state index contributed by atoms with van der Waals surface area (Å²) in [4.78, 5) is 29.0. The Morgan fingerprint density at radius 1 is 1.08 bits per heavy atom. The molecule has 1 saturated carbocycles. The van der Waals surface area contributed by atoms with Gasteiger partial charge >= 0.3 is 5.97 Å². The van der Waals surface area contributed by atoms with E-state index in [1.807, 2.05) is 32.9 Å². The zero-order chi connectivity index (χ0) is 28.0. The number of hydrogen-bond donors (Lipinski definition) is 1. The summed E-state index contributed by atoms with van der Waals surface area (Å²) < 4.78 is 11.4. The first-order valence-electron chi connectivity index (χ1n) is 13.3. The summed E-state index contributed by atoms with van der Waals surface area (Å²) in [5, 5.41) is 20.9. The normalized spacial score (nSPS) is 20.1. The molecule has 0 radical (unpaired) electrons. The number of esters is 1. The van der Waals surface area contributed by atoms with Crippen molar-refractivity contribution < 1.29 is 19.1 Å². The predicted octanol–water partition coefficient (Wildman–Crippen LogP) is 3.59. The number of amides is 1. The quantitative estimate of drug-likeness (QED) is 0.512. The van der Waals surface area contributed by atoms with E-state index < -0.39 is 5.60 Å². The molecular formula is C28H35ClN6O4. The van der Waals surface area contributed by atoms with Crippen LogP contribution in [0.1, 0.15) is 62.5 Å². The fourth-order valence-corrected chi connectivity index (χ4v) is 4.96. The van der Waals surface area contributed by atoms with Crippen molar-refractivity contribution in [1.82, 2.24) is 20.4 Å². The molecule has 1 aliphatic heterocycles. The molecule has 0 atom stereocenters. The van der Waals surface area contributed by atoms with Crippen LogP contribution in [0.5, 0.6) is 5.75 Å². The van der Waals surface area contributed by atoms with Crippen LogP contribution in [0.4, 0.5) is 5.82 Å². The van der Waals surface area contributed by atoms with Crippen molar-refractivity contribution in [2.75, 3.05) is 37.6 Å². The number of aromatic nitrogens is 2. The minimum Gasteiger partial charge on any atom is -0.490 e. The molecule has 2 fully saturated rings. The molecular weight excluding hydrogens is 520 g/mol. The van der Waals surface area contributed by atoms with E-state index in [1.54, 1.807) is 24.3 Å². The third-order valence-corrected chi connectivity index (χ3v) is 7.04. The Kier molecular flexibility index (Phi) is 9.25. The SMILES string of the molecule is CC(C)(C)OC(=O)CN1CCN(c2ccc(C(=O)N[C@H]3CC[C@H](Oc4ccc(C#N)c(Cl)c4)CC3)nn2)CC1. The van der Waals surface area contributed by atoms with E-state index in [2.05, 4.69) is 25.3 Å². The van der Waals surface area contributed by atoms with Crippen LogP contribution in [0.2, 0.25) is 5.02 Å². The molecule has 1 aromatic heterocycles. The van der Waals surface area contributed by atoms with Crippen LogP contribution < -0.4 is 15.0 Å². The van der Waals surface area contributed by atoms with Gasteiger partial charge in [0.05, 0.1) is 23.2 Å². The minimum absolute atomic E-state index is 0.0332. The zero-order valence-corrected chi connectivity index (χ0v) is 23.4. The van der Waals surface area contributed by atoms with Crippen molar-refractivity contribution in [1.29, 1.82) is 5.26 Å². The lowest BCUT2D eigenvalue weighted by atomic mass is 9.93. The zero-order valence-electron chi connectivity index (χ0n) is 22.7. The fraction of sp³-hybridized carbons (Fsp3) is 0.536. The van der Waals surface area contributed by atoms with Gasteiger partial charge in [0.15, 0.2) is 11.5 Å². The maximum atomic E-state index is 12.8. The van der Waals surface area contributed by atoms with E-state index in [-0.39, 0.29) is 36.3 Å². The Hall–Kier alpha value is -3.42. The van der Waals surface area contributed by atoms with Crippen molar-refractivity contribution in [3.63, 3.8) is 0 Å². The van der Waals surface area contributed by atoms with Gasteiger partial charge in [0.2, 0.25) is 0 Å². The molecule has 0 spiro atoms. The van der Waals surface area contributed by atoms with Crippen molar-refractivity contribution in [2.45, 2.75) is 64.2 Å². The van der Waals surface area contributed by atoms with Gasteiger partial charge in [-0.25, -0.2) is 0 Å². The first-order valence-corrected chi connectivity index (χ1v) is 13.7. The van der Waals surface area contributed by atoms with E-state index in [9.17, 15) is 9.59 Å². The van der Waals surface area contributed by atoms with Crippen molar-refractivity contribution >= 4 is 29.3 Å². The Morgan fingerprint density at radius 2 is 1.79 bits per heavy atom. The summed E-state index contributed by atoms with van der Waals surface area (Å²) in [6.07, 6.45) is 3.21. The van der Waals surface area contributed by atoms with Gasteiger partial charge in [-0.15, -0.1) is 10.2 Å². The topological polar surface area (TPSA) is 121 Å². The van der Waals surface area contributed by atoms with E-state index in [1.165, 1.54) is 0 Å². The molecule has 0 unspecified atom stereocenters. The fourth-order valence-electron chi connectivity index (χ4n) is 4.74. The predicted molar refractivity (Wildman–Crippen MR) is 147 cm³/mol. The van der Waals surface area contributed by atoms with Gasteiger partial charge in [-0.1, -0.05) is 11.6 Å². The molecule has 2 heterocycles.